The Balaban J connectivity index is 2.21. The van der Waals surface area contributed by atoms with Gasteiger partial charge in [0.2, 0.25) is 0 Å². The number of ether oxygens (including phenoxy) is 1. The van der Waals surface area contributed by atoms with Gasteiger partial charge in [0.1, 0.15) is 16.2 Å². The Morgan fingerprint density at radius 3 is 2.72 bits per heavy atom. The first-order valence-corrected chi connectivity index (χ1v) is 9.68. The second kappa shape index (κ2) is 7.96. The van der Waals surface area contributed by atoms with Gasteiger partial charge >= 0.3 is 5.97 Å². The summed E-state index contributed by atoms with van der Waals surface area (Å²) >= 11 is 1.36. The standard InChI is InChI=1S/C20H19N3O5S/c1-5-28-20(25)14(8-13-7-6-10(2)15(9-13)23(26)27)17-21-18(24)16-11(3)12(4)29-19(16)22-17/h6-9H,5H2,1-4H3,(H,21,22,24)/b14-8-. The Morgan fingerprint density at radius 1 is 1.34 bits per heavy atom. The molecule has 0 aliphatic rings. The van der Waals surface area contributed by atoms with E-state index in [-0.39, 0.29) is 29.3 Å². The number of benzene rings is 1. The van der Waals surface area contributed by atoms with Gasteiger partial charge in [-0.15, -0.1) is 11.3 Å². The maximum Gasteiger partial charge on any atom is 0.341 e. The van der Waals surface area contributed by atoms with Crippen LogP contribution in [-0.2, 0) is 9.53 Å². The van der Waals surface area contributed by atoms with Crippen molar-refractivity contribution in [3.8, 4) is 0 Å². The first kappa shape index (κ1) is 20.4. The monoisotopic (exact) mass is 413 g/mol. The van der Waals surface area contributed by atoms with E-state index in [1.807, 2.05) is 13.8 Å². The number of esters is 1. The summed E-state index contributed by atoms with van der Waals surface area (Å²) in [6.07, 6.45) is 1.43. The minimum Gasteiger partial charge on any atom is -0.462 e. The highest BCUT2D eigenvalue weighted by atomic mass is 32.1. The molecular weight excluding hydrogens is 394 g/mol. The molecule has 150 valence electrons. The Morgan fingerprint density at radius 2 is 2.07 bits per heavy atom. The lowest BCUT2D eigenvalue weighted by Crippen LogP contribution is -2.15. The summed E-state index contributed by atoms with van der Waals surface area (Å²) in [5.41, 5.74) is 1.38. The maximum absolute atomic E-state index is 12.6. The van der Waals surface area contributed by atoms with Crippen LogP contribution < -0.4 is 5.56 Å². The first-order chi connectivity index (χ1) is 13.7. The Bertz CT molecular complexity index is 1220. The number of H-pyrrole nitrogens is 1. The number of nitrogens with zero attached hydrogens (tertiary/aromatic N) is 2. The van der Waals surface area contributed by atoms with Crippen molar-refractivity contribution in [1.82, 2.24) is 9.97 Å². The molecule has 0 aliphatic heterocycles. The molecule has 2 aromatic heterocycles. The number of carbonyl (C=O) groups is 1. The lowest BCUT2D eigenvalue weighted by Gasteiger charge is -2.07. The van der Waals surface area contributed by atoms with Crippen LogP contribution in [0.25, 0.3) is 21.9 Å². The summed E-state index contributed by atoms with van der Waals surface area (Å²) in [6, 6.07) is 4.61. The molecule has 0 radical (unpaired) electrons. The lowest BCUT2D eigenvalue weighted by molar-refractivity contribution is -0.385. The zero-order chi connectivity index (χ0) is 21.3. The number of nitro groups is 1. The van der Waals surface area contributed by atoms with E-state index in [0.717, 1.165) is 10.4 Å². The van der Waals surface area contributed by atoms with Crippen LogP contribution >= 0.6 is 11.3 Å². The molecule has 2 heterocycles. The molecule has 3 aromatic rings. The molecule has 0 saturated carbocycles. The third kappa shape index (κ3) is 3.95. The zero-order valence-corrected chi connectivity index (χ0v) is 17.2. The van der Waals surface area contributed by atoms with E-state index in [2.05, 4.69) is 9.97 Å². The van der Waals surface area contributed by atoms with Gasteiger partial charge in [0.25, 0.3) is 11.2 Å². The molecule has 0 spiro atoms. The van der Waals surface area contributed by atoms with Crippen molar-refractivity contribution in [2.45, 2.75) is 27.7 Å². The number of carbonyl (C=O) groups excluding carboxylic acids is 1. The van der Waals surface area contributed by atoms with Crippen molar-refractivity contribution in [3.63, 3.8) is 0 Å². The average Bonchev–Trinajstić information content (AvgIpc) is 2.95. The number of thiophene rings is 1. The summed E-state index contributed by atoms with van der Waals surface area (Å²) < 4.78 is 5.11. The second-order valence-electron chi connectivity index (χ2n) is 6.46. The molecule has 29 heavy (non-hydrogen) atoms. The molecule has 1 aromatic carbocycles. The van der Waals surface area contributed by atoms with Crippen LogP contribution in [0.1, 0.15) is 34.3 Å². The van der Waals surface area contributed by atoms with E-state index >= 15 is 0 Å². The predicted molar refractivity (Wildman–Crippen MR) is 112 cm³/mol. The number of aryl methyl sites for hydroxylation is 3. The van der Waals surface area contributed by atoms with Crippen LogP contribution in [0, 0.1) is 30.9 Å². The number of fused-ring (bicyclic) bond motifs is 1. The summed E-state index contributed by atoms with van der Waals surface area (Å²) in [7, 11) is 0. The van der Waals surface area contributed by atoms with Crippen LogP contribution in [-0.4, -0.2) is 27.5 Å². The van der Waals surface area contributed by atoms with Crippen LogP contribution in [0.2, 0.25) is 0 Å². The molecule has 1 N–H and O–H groups in total. The fraction of sp³-hybridized carbons (Fsp3) is 0.250. The minimum atomic E-state index is -0.678. The van der Waals surface area contributed by atoms with Crippen LogP contribution in [0.3, 0.4) is 0 Å². The fourth-order valence-electron chi connectivity index (χ4n) is 2.89. The van der Waals surface area contributed by atoms with E-state index in [9.17, 15) is 19.7 Å². The van der Waals surface area contributed by atoms with Crippen molar-refractivity contribution in [2.75, 3.05) is 6.61 Å². The van der Waals surface area contributed by atoms with E-state index in [0.29, 0.717) is 21.3 Å². The molecular formula is C20H19N3O5S. The third-order valence-corrected chi connectivity index (χ3v) is 5.63. The predicted octanol–water partition coefficient (Wildman–Crippen LogP) is 3.92. The van der Waals surface area contributed by atoms with Crippen molar-refractivity contribution >= 4 is 44.9 Å². The smallest absolute Gasteiger partial charge is 0.341 e. The molecule has 0 aliphatic carbocycles. The van der Waals surface area contributed by atoms with Crippen molar-refractivity contribution < 1.29 is 14.5 Å². The van der Waals surface area contributed by atoms with E-state index in [4.69, 9.17) is 4.74 Å². The zero-order valence-electron chi connectivity index (χ0n) is 16.4. The molecule has 3 rings (SSSR count). The number of nitro benzene ring substituents is 1. The Kier molecular flexibility index (Phi) is 5.60. The van der Waals surface area contributed by atoms with Gasteiger partial charge in [-0.3, -0.25) is 14.9 Å². The molecule has 8 nitrogen and oxygen atoms in total. The van der Waals surface area contributed by atoms with Gasteiger partial charge in [0.05, 0.1) is 16.9 Å². The number of aromatic amines is 1. The van der Waals surface area contributed by atoms with E-state index in [1.165, 1.54) is 23.5 Å². The number of nitrogens with one attached hydrogen (secondary N) is 1. The fourth-order valence-corrected chi connectivity index (χ4v) is 3.92. The summed E-state index contributed by atoms with van der Waals surface area (Å²) in [5, 5.41) is 11.7. The summed E-state index contributed by atoms with van der Waals surface area (Å²) in [5.74, 6) is -0.617. The van der Waals surface area contributed by atoms with Crippen molar-refractivity contribution in [2.24, 2.45) is 0 Å². The summed E-state index contributed by atoms with van der Waals surface area (Å²) in [6.45, 7) is 7.17. The van der Waals surface area contributed by atoms with E-state index < -0.39 is 10.9 Å². The molecule has 0 amide bonds. The highest BCUT2D eigenvalue weighted by molar-refractivity contribution is 7.18. The van der Waals surface area contributed by atoms with Gasteiger partial charge in [-0.2, -0.15) is 0 Å². The maximum atomic E-state index is 12.6. The largest absolute Gasteiger partial charge is 0.462 e. The highest BCUT2D eigenvalue weighted by Crippen LogP contribution is 2.28. The minimum absolute atomic E-state index is 0.0210. The SMILES string of the molecule is CCOC(=O)/C(=C\c1ccc(C)c([N+](=O)[O-])c1)c1nc2sc(C)c(C)c2c(=O)[nH]1. The molecule has 9 heteroatoms. The quantitative estimate of drug-likeness (QED) is 0.293. The van der Waals surface area contributed by atoms with Crippen molar-refractivity contribution in [1.29, 1.82) is 0 Å². The van der Waals surface area contributed by atoms with Crippen molar-refractivity contribution in [3.05, 3.63) is 66.1 Å². The molecule has 0 saturated heterocycles. The molecule has 0 fully saturated rings. The van der Waals surface area contributed by atoms with Crippen LogP contribution in [0.15, 0.2) is 23.0 Å². The molecule has 0 unspecified atom stereocenters. The number of hydrogen-bond acceptors (Lipinski definition) is 7. The topological polar surface area (TPSA) is 115 Å². The van der Waals surface area contributed by atoms with Gasteiger partial charge in [0, 0.05) is 16.5 Å². The Hall–Kier alpha value is -3.33. The second-order valence-corrected chi connectivity index (χ2v) is 7.66. The van der Waals surface area contributed by atoms with Crippen LogP contribution in [0.4, 0.5) is 5.69 Å². The highest BCUT2D eigenvalue weighted by Gasteiger charge is 2.20. The summed E-state index contributed by atoms with van der Waals surface area (Å²) in [4.78, 5) is 44.5. The Labute approximate surface area is 170 Å². The number of hydrogen-bond donors (Lipinski definition) is 1. The number of aromatic nitrogens is 2. The first-order valence-electron chi connectivity index (χ1n) is 8.87. The lowest BCUT2D eigenvalue weighted by atomic mass is 10.1. The van der Waals surface area contributed by atoms with Gasteiger partial charge < -0.3 is 9.72 Å². The third-order valence-electron chi connectivity index (χ3n) is 4.53. The van der Waals surface area contributed by atoms with Crippen LogP contribution in [0.5, 0.6) is 0 Å². The molecule has 0 atom stereocenters. The van der Waals surface area contributed by atoms with Gasteiger partial charge in [-0.25, -0.2) is 9.78 Å². The normalized spacial score (nSPS) is 11.7. The van der Waals surface area contributed by atoms with Gasteiger partial charge in [-0.1, -0.05) is 12.1 Å². The van der Waals surface area contributed by atoms with E-state index in [1.54, 1.807) is 26.0 Å². The average molecular weight is 413 g/mol. The number of rotatable bonds is 5. The van der Waals surface area contributed by atoms with Gasteiger partial charge in [-0.05, 0) is 44.9 Å². The van der Waals surface area contributed by atoms with Gasteiger partial charge in [0.15, 0.2) is 0 Å². The molecule has 0 bridgehead atoms.